The molecule has 0 saturated heterocycles. The van der Waals surface area contributed by atoms with Crippen LogP contribution in [0.2, 0.25) is 0 Å². The van der Waals surface area contributed by atoms with Gasteiger partial charge in [0, 0.05) is 9.49 Å². The number of hydrogen-bond acceptors (Lipinski definition) is 3. The largest absolute Gasteiger partial charge is 0.335 e. The van der Waals surface area contributed by atoms with E-state index in [-0.39, 0.29) is 5.56 Å². The second-order valence-corrected chi connectivity index (χ2v) is 5.33. The minimum Gasteiger partial charge on any atom is -0.335 e. The van der Waals surface area contributed by atoms with Gasteiger partial charge in [-0.05, 0) is 53.6 Å². The zero-order valence-electron chi connectivity index (χ0n) is 8.48. The predicted molar refractivity (Wildman–Crippen MR) is 70.8 cm³/mol. The Bertz CT molecular complexity index is 631. The number of fused-ring (bicyclic) bond motifs is 1. The van der Waals surface area contributed by atoms with E-state index in [1.807, 2.05) is 18.2 Å². The molecule has 16 heavy (non-hydrogen) atoms. The van der Waals surface area contributed by atoms with Gasteiger partial charge in [0.1, 0.15) is 5.82 Å². The average molecular weight is 327 g/mol. The zero-order valence-corrected chi connectivity index (χ0v) is 10.6. The van der Waals surface area contributed by atoms with Crippen LogP contribution in [0.1, 0.15) is 24.6 Å². The summed E-state index contributed by atoms with van der Waals surface area (Å²) in [5.74, 6) is 6.88. The molecule has 1 aliphatic rings. The van der Waals surface area contributed by atoms with Crippen LogP contribution in [-0.2, 0) is 0 Å². The lowest BCUT2D eigenvalue weighted by molar-refractivity contribution is 0.791. The topological polar surface area (TPSA) is 60.9 Å². The monoisotopic (exact) mass is 327 g/mol. The van der Waals surface area contributed by atoms with Gasteiger partial charge in [0.05, 0.1) is 10.9 Å². The van der Waals surface area contributed by atoms with Crippen LogP contribution in [0.3, 0.4) is 0 Å². The zero-order chi connectivity index (χ0) is 11.3. The van der Waals surface area contributed by atoms with Crippen molar-refractivity contribution in [2.75, 3.05) is 5.84 Å². The summed E-state index contributed by atoms with van der Waals surface area (Å²) >= 11 is 2.17. The van der Waals surface area contributed by atoms with Crippen LogP contribution in [0, 0.1) is 3.57 Å². The molecule has 2 N–H and O–H groups in total. The molecule has 1 saturated carbocycles. The summed E-state index contributed by atoms with van der Waals surface area (Å²) in [6, 6.07) is 5.66. The van der Waals surface area contributed by atoms with Gasteiger partial charge in [0.25, 0.3) is 5.56 Å². The third-order valence-corrected chi connectivity index (χ3v) is 3.50. The number of hydrogen-bond donors (Lipinski definition) is 1. The van der Waals surface area contributed by atoms with Crippen molar-refractivity contribution < 1.29 is 0 Å². The van der Waals surface area contributed by atoms with Gasteiger partial charge in [-0.1, -0.05) is 0 Å². The molecule has 0 amide bonds. The SMILES string of the molecule is Nn1c(C2CC2)nc2ccc(I)cc2c1=O. The molecule has 4 nitrogen and oxygen atoms in total. The van der Waals surface area contributed by atoms with Crippen LogP contribution < -0.4 is 11.4 Å². The summed E-state index contributed by atoms with van der Waals surface area (Å²) < 4.78 is 2.22. The standard InChI is InChI=1S/C11H10IN3O/c12-7-3-4-9-8(5-7)11(16)15(13)10(14-9)6-1-2-6/h3-6H,1-2,13H2. The van der Waals surface area contributed by atoms with E-state index in [4.69, 9.17) is 5.84 Å². The molecule has 1 heterocycles. The first-order valence-corrected chi connectivity index (χ1v) is 6.22. The predicted octanol–water partition coefficient (Wildman–Crippen LogP) is 1.59. The first kappa shape index (κ1) is 10.1. The summed E-state index contributed by atoms with van der Waals surface area (Å²) in [4.78, 5) is 16.5. The van der Waals surface area contributed by atoms with Crippen molar-refractivity contribution in [1.82, 2.24) is 9.66 Å². The third-order valence-electron chi connectivity index (χ3n) is 2.83. The molecule has 0 bridgehead atoms. The van der Waals surface area contributed by atoms with Crippen molar-refractivity contribution in [2.24, 2.45) is 0 Å². The fourth-order valence-corrected chi connectivity index (χ4v) is 2.31. The van der Waals surface area contributed by atoms with Gasteiger partial charge in [-0.15, -0.1) is 0 Å². The summed E-state index contributed by atoms with van der Waals surface area (Å²) in [5.41, 5.74) is 0.597. The second kappa shape index (κ2) is 3.44. The molecule has 5 heteroatoms. The second-order valence-electron chi connectivity index (χ2n) is 4.08. The molecule has 0 atom stereocenters. The molecule has 0 radical (unpaired) electrons. The molecule has 3 rings (SSSR count). The van der Waals surface area contributed by atoms with Gasteiger partial charge >= 0.3 is 0 Å². The van der Waals surface area contributed by atoms with Gasteiger partial charge in [-0.3, -0.25) is 4.79 Å². The molecule has 0 unspecified atom stereocenters. The highest BCUT2D eigenvalue weighted by atomic mass is 127. The highest BCUT2D eigenvalue weighted by molar-refractivity contribution is 14.1. The van der Waals surface area contributed by atoms with Crippen LogP contribution in [-0.4, -0.2) is 9.66 Å². The maximum atomic E-state index is 12.0. The van der Waals surface area contributed by atoms with Gasteiger partial charge in [-0.25, -0.2) is 9.66 Å². The molecule has 1 aliphatic carbocycles. The van der Waals surface area contributed by atoms with E-state index in [0.29, 0.717) is 11.3 Å². The Morgan fingerprint density at radius 3 is 2.88 bits per heavy atom. The highest BCUT2D eigenvalue weighted by Gasteiger charge is 2.28. The molecular weight excluding hydrogens is 317 g/mol. The van der Waals surface area contributed by atoms with Gasteiger partial charge in [0.2, 0.25) is 0 Å². The molecule has 0 aliphatic heterocycles. The van der Waals surface area contributed by atoms with Crippen molar-refractivity contribution in [3.63, 3.8) is 0 Å². The molecule has 82 valence electrons. The maximum absolute atomic E-state index is 12.0. The number of nitrogens with two attached hydrogens (primary N) is 1. The number of nitrogen functional groups attached to an aromatic ring is 1. The molecule has 1 aromatic carbocycles. The highest BCUT2D eigenvalue weighted by Crippen LogP contribution is 2.38. The average Bonchev–Trinajstić information content (AvgIpc) is 3.08. The number of nitrogens with zero attached hydrogens (tertiary/aromatic N) is 2. The fraction of sp³-hybridized carbons (Fsp3) is 0.273. The third kappa shape index (κ3) is 1.50. The molecule has 0 spiro atoms. The van der Waals surface area contributed by atoms with Crippen molar-refractivity contribution in [1.29, 1.82) is 0 Å². The Morgan fingerprint density at radius 1 is 1.44 bits per heavy atom. The van der Waals surface area contributed by atoms with E-state index >= 15 is 0 Å². The van der Waals surface area contributed by atoms with E-state index in [9.17, 15) is 4.79 Å². The Labute approximate surface area is 106 Å². The lowest BCUT2D eigenvalue weighted by Gasteiger charge is -2.07. The Morgan fingerprint density at radius 2 is 2.19 bits per heavy atom. The number of aromatic nitrogens is 2. The van der Waals surface area contributed by atoms with Crippen LogP contribution in [0.4, 0.5) is 0 Å². The van der Waals surface area contributed by atoms with E-state index < -0.39 is 0 Å². The Balaban J connectivity index is 2.38. The lowest BCUT2D eigenvalue weighted by Crippen LogP contribution is -2.31. The Kier molecular flexibility index (Phi) is 2.17. The molecular formula is C11H10IN3O. The minimum absolute atomic E-state index is 0.148. The van der Waals surface area contributed by atoms with Gasteiger partial charge < -0.3 is 5.84 Å². The summed E-state index contributed by atoms with van der Waals surface area (Å²) in [5, 5.41) is 0.596. The first-order valence-electron chi connectivity index (χ1n) is 5.14. The van der Waals surface area contributed by atoms with E-state index in [2.05, 4.69) is 27.6 Å². The molecule has 1 fully saturated rings. The quantitative estimate of drug-likeness (QED) is 0.639. The van der Waals surface area contributed by atoms with Crippen molar-refractivity contribution in [3.8, 4) is 0 Å². The summed E-state index contributed by atoms with van der Waals surface area (Å²) in [7, 11) is 0. The summed E-state index contributed by atoms with van der Waals surface area (Å²) in [6.07, 6.45) is 2.17. The van der Waals surface area contributed by atoms with Crippen LogP contribution in [0.15, 0.2) is 23.0 Å². The number of benzene rings is 1. The van der Waals surface area contributed by atoms with Gasteiger partial charge in [0.15, 0.2) is 0 Å². The van der Waals surface area contributed by atoms with Crippen molar-refractivity contribution >= 4 is 33.5 Å². The first-order chi connectivity index (χ1) is 7.66. The lowest BCUT2D eigenvalue weighted by atomic mass is 10.2. The van der Waals surface area contributed by atoms with Gasteiger partial charge in [-0.2, -0.15) is 0 Å². The van der Waals surface area contributed by atoms with E-state index in [1.165, 1.54) is 4.68 Å². The Hall–Kier alpha value is -1.11. The van der Waals surface area contributed by atoms with Crippen LogP contribution >= 0.6 is 22.6 Å². The number of halogens is 1. The van der Waals surface area contributed by atoms with E-state index in [0.717, 1.165) is 27.8 Å². The number of rotatable bonds is 1. The van der Waals surface area contributed by atoms with Crippen molar-refractivity contribution in [2.45, 2.75) is 18.8 Å². The summed E-state index contributed by atoms with van der Waals surface area (Å²) in [6.45, 7) is 0. The van der Waals surface area contributed by atoms with E-state index in [1.54, 1.807) is 0 Å². The van der Waals surface area contributed by atoms with Crippen molar-refractivity contribution in [3.05, 3.63) is 37.9 Å². The van der Waals surface area contributed by atoms with Crippen LogP contribution in [0.5, 0.6) is 0 Å². The smallest absolute Gasteiger partial charge is 0.279 e. The normalized spacial score (nSPS) is 15.6. The maximum Gasteiger partial charge on any atom is 0.279 e. The van der Waals surface area contributed by atoms with Crippen LogP contribution in [0.25, 0.3) is 10.9 Å². The molecule has 2 aromatic rings. The molecule has 1 aromatic heterocycles. The fourth-order valence-electron chi connectivity index (χ4n) is 1.82. The minimum atomic E-state index is -0.148.